The third-order valence-corrected chi connectivity index (χ3v) is 6.06. The van der Waals surface area contributed by atoms with Crippen molar-refractivity contribution < 1.29 is 24.2 Å². The van der Waals surface area contributed by atoms with Crippen LogP contribution in [-0.2, 0) is 14.3 Å². The number of halogens is 1. The second-order valence-electron chi connectivity index (χ2n) is 7.60. The lowest BCUT2D eigenvalue weighted by molar-refractivity contribution is -0.140. The number of ether oxygens (including phenoxy) is 2. The van der Waals surface area contributed by atoms with Gasteiger partial charge in [-0.2, -0.15) is 0 Å². The SMILES string of the molecule is CCOc1ccc(/C(O)=C2/C(=O)C(=O)N(CC3CCCO3)C2c2cccc(Br)c2)cc1. The molecule has 2 aliphatic heterocycles. The molecule has 7 heteroatoms. The fraction of sp³-hybridized carbons (Fsp3) is 0.333. The minimum absolute atomic E-state index is 0.0882. The van der Waals surface area contributed by atoms with Crippen LogP contribution in [0.5, 0.6) is 5.75 Å². The molecular formula is C24H24BrNO5. The van der Waals surface area contributed by atoms with Crippen LogP contribution in [0, 0.1) is 0 Å². The van der Waals surface area contributed by atoms with Crippen LogP contribution in [0.3, 0.4) is 0 Å². The van der Waals surface area contributed by atoms with E-state index in [1.165, 1.54) is 4.90 Å². The molecule has 0 aromatic heterocycles. The summed E-state index contributed by atoms with van der Waals surface area (Å²) in [5.74, 6) is -0.829. The molecule has 2 fully saturated rings. The van der Waals surface area contributed by atoms with Gasteiger partial charge in [0, 0.05) is 23.2 Å². The number of amides is 1. The number of hydrogen-bond acceptors (Lipinski definition) is 5. The molecule has 6 nitrogen and oxygen atoms in total. The highest BCUT2D eigenvalue weighted by molar-refractivity contribution is 9.10. The molecule has 2 unspecified atom stereocenters. The lowest BCUT2D eigenvalue weighted by Crippen LogP contribution is -2.36. The summed E-state index contributed by atoms with van der Waals surface area (Å²) in [6, 6.07) is 13.6. The number of carbonyl (C=O) groups is 2. The van der Waals surface area contributed by atoms with Crippen molar-refractivity contribution in [3.05, 3.63) is 69.7 Å². The van der Waals surface area contributed by atoms with Gasteiger partial charge >= 0.3 is 0 Å². The first-order valence-electron chi connectivity index (χ1n) is 10.4. The summed E-state index contributed by atoms with van der Waals surface area (Å²) >= 11 is 3.47. The maximum atomic E-state index is 13.1. The van der Waals surface area contributed by atoms with Gasteiger partial charge in [-0.05, 0) is 61.7 Å². The van der Waals surface area contributed by atoms with Gasteiger partial charge < -0.3 is 19.5 Å². The second-order valence-corrected chi connectivity index (χ2v) is 8.51. The van der Waals surface area contributed by atoms with Crippen molar-refractivity contribution in [1.29, 1.82) is 0 Å². The molecule has 0 radical (unpaired) electrons. The summed E-state index contributed by atoms with van der Waals surface area (Å²) in [7, 11) is 0. The van der Waals surface area contributed by atoms with Crippen LogP contribution in [0.15, 0.2) is 58.6 Å². The molecule has 162 valence electrons. The molecule has 2 saturated heterocycles. The second kappa shape index (κ2) is 9.24. The number of aliphatic hydroxyl groups excluding tert-OH is 1. The normalized spacial score (nSPS) is 22.8. The van der Waals surface area contributed by atoms with Gasteiger partial charge in [-0.1, -0.05) is 28.1 Å². The summed E-state index contributed by atoms with van der Waals surface area (Å²) in [5, 5.41) is 11.1. The number of carbonyl (C=O) groups excluding carboxylic acids is 2. The zero-order valence-corrected chi connectivity index (χ0v) is 18.8. The number of ketones is 1. The molecule has 0 aliphatic carbocycles. The topological polar surface area (TPSA) is 76.1 Å². The molecule has 0 bridgehead atoms. The zero-order chi connectivity index (χ0) is 22.0. The fourth-order valence-electron chi connectivity index (χ4n) is 4.13. The Bertz CT molecular complexity index is 1010. The van der Waals surface area contributed by atoms with Gasteiger partial charge in [0.2, 0.25) is 0 Å². The molecular weight excluding hydrogens is 462 g/mol. The number of likely N-dealkylation sites (tertiary alicyclic amines) is 1. The highest BCUT2D eigenvalue weighted by Gasteiger charge is 2.47. The van der Waals surface area contributed by atoms with Crippen molar-refractivity contribution in [1.82, 2.24) is 4.90 Å². The highest BCUT2D eigenvalue weighted by atomic mass is 79.9. The Morgan fingerprint density at radius 1 is 1.23 bits per heavy atom. The molecule has 31 heavy (non-hydrogen) atoms. The Kier molecular flexibility index (Phi) is 6.43. The van der Waals surface area contributed by atoms with Gasteiger partial charge in [0.15, 0.2) is 0 Å². The van der Waals surface area contributed by atoms with Crippen LogP contribution >= 0.6 is 15.9 Å². The molecule has 0 saturated carbocycles. The average Bonchev–Trinajstić information content (AvgIpc) is 3.36. The fourth-order valence-corrected chi connectivity index (χ4v) is 4.55. The Labute approximate surface area is 189 Å². The van der Waals surface area contributed by atoms with E-state index < -0.39 is 17.7 Å². The molecule has 1 amide bonds. The van der Waals surface area contributed by atoms with Crippen LogP contribution < -0.4 is 4.74 Å². The first kappa shape index (κ1) is 21.6. The van der Waals surface area contributed by atoms with Crippen molar-refractivity contribution in [3.8, 4) is 5.75 Å². The van der Waals surface area contributed by atoms with Crippen LogP contribution in [0.2, 0.25) is 0 Å². The average molecular weight is 486 g/mol. The first-order chi connectivity index (χ1) is 15.0. The van der Waals surface area contributed by atoms with E-state index >= 15 is 0 Å². The number of rotatable bonds is 6. The maximum absolute atomic E-state index is 13.1. The van der Waals surface area contributed by atoms with E-state index in [1.54, 1.807) is 24.3 Å². The largest absolute Gasteiger partial charge is 0.507 e. The van der Waals surface area contributed by atoms with Crippen molar-refractivity contribution in [3.63, 3.8) is 0 Å². The van der Waals surface area contributed by atoms with E-state index in [2.05, 4.69) is 15.9 Å². The van der Waals surface area contributed by atoms with Gasteiger partial charge in [-0.3, -0.25) is 9.59 Å². The smallest absolute Gasteiger partial charge is 0.295 e. The predicted molar refractivity (Wildman–Crippen MR) is 120 cm³/mol. The van der Waals surface area contributed by atoms with Crippen LogP contribution in [0.25, 0.3) is 5.76 Å². The number of hydrogen-bond donors (Lipinski definition) is 1. The van der Waals surface area contributed by atoms with Crippen LogP contribution in [0.1, 0.15) is 36.9 Å². The van der Waals surface area contributed by atoms with E-state index in [0.29, 0.717) is 31.1 Å². The molecule has 2 aromatic rings. The molecule has 2 aliphatic rings. The summed E-state index contributed by atoms with van der Waals surface area (Å²) in [4.78, 5) is 27.6. The van der Waals surface area contributed by atoms with Gasteiger partial charge in [0.1, 0.15) is 11.5 Å². The lowest BCUT2D eigenvalue weighted by Gasteiger charge is -2.27. The Morgan fingerprint density at radius 3 is 2.65 bits per heavy atom. The van der Waals surface area contributed by atoms with Crippen LogP contribution in [-0.4, -0.2) is 47.6 Å². The maximum Gasteiger partial charge on any atom is 0.295 e. The molecule has 2 atom stereocenters. The number of aliphatic hydroxyl groups is 1. The first-order valence-corrected chi connectivity index (χ1v) is 11.2. The standard InChI is InChI=1S/C24H24BrNO5/c1-2-30-18-10-8-15(9-11-18)22(27)20-21(16-5-3-6-17(25)13-16)26(24(29)23(20)28)14-19-7-4-12-31-19/h3,5-6,8-11,13,19,21,27H,2,4,7,12,14H2,1H3/b22-20-. The monoisotopic (exact) mass is 485 g/mol. The Balaban J connectivity index is 1.78. The predicted octanol–water partition coefficient (Wildman–Crippen LogP) is 4.45. The quantitative estimate of drug-likeness (QED) is 0.371. The third kappa shape index (κ3) is 4.38. The molecule has 1 N–H and O–H groups in total. The Morgan fingerprint density at radius 2 is 2.00 bits per heavy atom. The van der Waals surface area contributed by atoms with E-state index in [4.69, 9.17) is 9.47 Å². The number of benzene rings is 2. The van der Waals surface area contributed by atoms with Crippen molar-refractivity contribution in [2.24, 2.45) is 0 Å². The van der Waals surface area contributed by atoms with Gasteiger partial charge in [-0.15, -0.1) is 0 Å². The van der Waals surface area contributed by atoms with E-state index in [9.17, 15) is 14.7 Å². The third-order valence-electron chi connectivity index (χ3n) is 5.57. The molecule has 4 rings (SSSR count). The van der Waals surface area contributed by atoms with Crippen molar-refractivity contribution in [2.45, 2.75) is 31.9 Å². The van der Waals surface area contributed by atoms with E-state index in [-0.39, 0.29) is 17.4 Å². The van der Waals surface area contributed by atoms with Crippen molar-refractivity contribution in [2.75, 3.05) is 19.8 Å². The minimum atomic E-state index is -0.687. The summed E-state index contributed by atoms with van der Waals surface area (Å²) in [6.45, 7) is 3.38. The highest BCUT2D eigenvalue weighted by Crippen LogP contribution is 2.40. The molecule has 2 aromatic carbocycles. The minimum Gasteiger partial charge on any atom is -0.507 e. The van der Waals surface area contributed by atoms with Crippen LogP contribution in [0.4, 0.5) is 0 Å². The van der Waals surface area contributed by atoms with E-state index in [0.717, 1.165) is 22.9 Å². The van der Waals surface area contributed by atoms with E-state index in [1.807, 2.05) is 31.2 Å². The van der Waals surface area contributed by atoms with Gasteiger partial charge in [0.25, 0.3) is 11.7 Å². The molecule has 2 heterocycles. The summed E-state index contributed by atoms with van der Waals surface area (Å²) in [6.07, 6.45) is 1.66. The van der Waals surface area contributed by atoms with Gasteiger partial charge in [-0.25, -0.2) is 0 Å². The number of nitrogens with zero attached hydrogens (tertiary/aromatic N) is 1. The molecule has 0 spiro atoms. The van der Waals surface area contributed by atoms with Crippen molar-refractivity contribution >= 4 is 33.4 Å². The Hall–Kier alpha value is -2.64. The summed E-state index contributed by atoms with van der Waals surface area (Å²) in [5.41, 5.74) is 1.29. The summed E-state index contributed by atoms with van der Waals surface area (Å²) < 4.78 is 12.0. The zero-order valence-electron chi connectivity index (χ0n) is 17.2. The van der Waals surface area contributed by atoms with Gasteiger partial charge in [0.05, 0.1) is 24.3 Å². The lowest BCUT2D eigenvalue weighted by atomic mass is 9.95. The number of Topliss-reactive ketones (excluding diaryl/α,β-unsaturated/α-hetero) is 1.